The van der Waals surface area contributed by atoms with Crippen LogP contribution in [0.15, 0.2) is 24.5 Å². The third-order valence-electron chi connectivity index (χ3n) is 3.87. The molecule has 0 aliphatic carbocycles. The van der Waals surface area contributed by atoms with Gasteiger partial charge in [0.05, 0.1) is 6.04 Å². The Labute approximate surface area is 122 Å². The Hall–Kier alpha value is -1.61. The average Bonchev–Trinajstić information content (AvgIpc) is 2.78. The van der Waals surface area contributed by atoms with E-state index in [1.54, 1.807) is 0 Å². The van der Waals surface area contributed by atoms with Gasteiger partial charge in [-0.1, -0.05) is 24.6 Å². The normalized spacial score (nSPS) is 12.7. The number of likely N-dealkylation sites (N-methyl/N-ethyl adjacent to an activating group) is 1. The van der Waals surface area contributed by atoms with Crippen LogP contribution in [0.4, 0.5) is 0 Å². The Bertz CT molecular complexity index is 561. The van der Waals surface area contributed by atoms with Gasteiger partial charge in [0, 0.05) is 19.4 Å². The summed E-state index contributed by atoms with van der Waals surface area (Å²) >= 11 is 0. The van der Waals surface area contributed by atoms with Gasteiger partial charge in [-0.05, 0) is 50.4 Å². The lowest BCUT2D eigenvalue weighted by atomic mass is 9.94. The Morgan fingerprint density at radius 2 is 1.85 bits per heavy atom. The van der Waals surface area contributed by atoms with Crippen LogP contribution < -0.4 is 5.32 Å². The van der Waals surface area contributed by atoms with E-state index >= 15 is 0 Å². The molecule has 0 aliphatic rings. The molecule has 0 radical (unpaired) electrons. The minimum Gasteiger partial charge on any atom is -0.337 e. The van der Waals surface area contributed by atoms with Gasteiger partial charge in [0.1, 0.15) is 5.82 Å². The highest BCUT2D eigenvalue weighted by atomic mass is 15.1. The number of hydrogen-bond donors (Lipinski definition) is 1. The molecule has 1 aromatic carbocycles. The van der Waals surface area contributed by atoms with Gasteiger partial charge in [-0.3, -0.25) is 0 Å². The predicted molar refractivity (Wildman–Crippen MR) is 84.0 cm³/mol. The summed E-state index contributed by atoms with van der Waals surface area (Å²) in [4.78, 5) is 4.51. The van der Waals surface area contributed by atoms with Gasteiger partial charge in [-0.2, -0.15) is 0 Å². The van der Waals surface area contributed by atoms with E-state index in [2.05, 4.69) is 61.7 Å². The highest BCUT2D eigenvalue weighted by molar-refractivity contribution is 5.38. The Morgan fingerprint density at radius 1 is 1.20 bits per heavy atom. The maximum Gasteiger partial charge on any atom is 0.125 e. The highest BCUT2D eigenvalue weighted by Crippen LogP contribution is 2.23. The second-order valence-corrected chi connectivity index (χ2v) is 5.59. The number of aryl methyl sites for hydroxylation is 4. The number of benzene rings is 1. The molecule has 0 fully saturated rings. The molecular formula is C17H25N3. The van der Waals surface area contributed by atoms with Gasteiger partial charge >= 0.3 is 0 Å². The topological polar surface area (TPSA) is 29.9 Å². The summed E-state index contributed by atoms with van der Waals surface area (Å²) in [6.45, 7) is 9.66. The standard InChI is InChI=1S/C17H25N3/c1-6-18-16(17-19-7-8-20(17)5)11-15-13(3)9-12(2)10-14(15)4/h7-10,16,18H,6,11H2,1-5H3. The fraction of sp³-hybridized carbons (Fsp3) is 0.471. The summed E-state index contributed by atoms with van der Waals surface area (Å²) in [6.07, 6.45) is 4.86. The zero-order chi connectivity index (χ0) is 14.7. The molecule has 1 unspecified atom stereocenters. The van der Waals surface area contributed by atoms with Gasteiger partial charge in [-0.15, -0.1) is 0 Å². The van der Waals surface area contributed by atoms with E-state index in [1.807, 2.05) is 12.4 Å². The lowest BCUT2D eigenvalue weighted by Gasteiger charge is -2.20. The average molecular weight is 271 g/mol. The number of hydrogen-bond acceptors (Lipinski definition) is 2. The molecule has 0 saturated carbocycles. The summed E-state index contributed by atoms with van der Waals surface area (Å²) in [5.41, 5.74) is 5.52. The van der Waals surface area contributed by atoms with Crippen LogP contribution >= 0.6 is 0 Å². The molecule has 20 heavy (non-hydrogen) atoms. The van der Waals surface area contributed by atoms with E-state index in [0.29, 0.717) is 0 Å². The first-order chi connectivity index (χ1) is 9.52. The monoisotopic (exact) mass is 271 g/mol. The second kappa shape index (κ2) is 6.23. The number of rotatable bonds is 5. The predicted octanol–water partition coefficient (Wildman–Crippen LogP) is 3.24. The first-order valence-electron chi connectivity index (χ1n) is 7.30. The molecule has 0 spiro atoms. The molecular weight excluding hydrogens is 246 g/mol. The summed E-state index contributed by atoms with van der Waals surface area (Å²) in [5.74, 6) is 1.10. The first-order valence-corrected chi connectivity index (χ1v) is 7.30. The quantitative estimate of drug-likeness (QED) is 0.904. The van der Waals surface area contributed by atoms with Crippen molar-refractivity contribution in [1.29, 1.82) is 0 Å². The fourth-order valence-corrected chi connectivity index (χ4v) is 2.95. The number of nitrogens with one attached hydrogen (secondary N) is 1. The lowest BCUT2D eigenvalue weighted by Crippen LogP contribution is -2.26. The molecule has 2 aromatic rings. The van der Waals surface area contributed by atoms with Crippen molar-refractivity contribution >= 4 is 0 Å². The van der Waals surface area contributed by atoms with Crippen LogP contribution in [-0.4, -0.2) is 16.1 Å². The minimum absolute atomic E-state index is 0.264. The molecule has 0 amide bonds. The largest absolute Gasteiger partial charge is 0.337 e. The van der Waals surface area contributed by atoms with Gasteiger partial charge in [-0.25, -0.2) is 4.98 Å². The van der Waals surface area contributed by atoms with E-state index in [4.69, 9.17) is 0 Å². The van der Waals surface area contributed by atoms with Crippen LogP contribution in [0.5, 0.6) is 0 Å². The zero-order valence-corrected chi connectivity index (χ0v) is 13.2. The molecule has 0 bridgehead atoms. The van der Waals surface area contributed by atoms with Crippen molar-refractivity contribution in [3.05, 3.63) is 52.6 Å². The lowest BCUT2D eigenvalue weighted by molar-refractivity contribution is 0.505. The van der Waals surface area contributed by atoms with Crippen LogP contribution in [0.2, 0.25) is 0 Å². The molecule has 1 heterocycles. The second-order valence-electron chi connectivity index (χ2n) is 5.59. The van der Waals surface area contributed by atoms with Crippen LogP contribution in [0.1, 0.15) is 41.0 Å². The Balaban J connectivity index is 2.32. The van der Waals surface area contributed by atoms with Crippen LogP contribution in [0.3, 0.4) is 0 Å². The number of nitrogens with zero attached hydrogens (tertiary/aromatic N) is 2. The minimum atomic E-state index is 0.264. The maximum atomic E-state index is 4.51. The molecule has 108 valence electrons. The molecule has 1 aromatic heterocycles. The van der Waals surface area contributed by atoms with E-state index in [9.17, 15) is 0 Å². The molecule has 3 nitrogen and oxygen atoms in total. The van der Waals surface area contributed by atoms with E-state index in [0.717, 1.165) is 18.8 Å². The fourth-order valence-electron chi connectivity index (χ4n) is 2.95. The third-order valence-corrected chi connectivity index (χ3v) is 3.87. The number of aromatic nitrogens is 2. The van der Waals surface area contributed by atoms with Crippen molar-refractivity contribution in [1.82, 2.24) is 14.9 Å². The van der Waals surface area contributed by atoms with Crippen molar-refractivity contribution in [2.75, 3.05) is 6.54 Å². The van der Waals surface area contributed by atoms with Gasteiger partial charge in [0.15, 0.2) is 0 Å². The van der Waals surface area contributed by atoms with Gasteiger partial charge in [0.25, 0.3) is 0 Å². The zero-order valence-electron chi connectivity index (χ0n) is 13.2. The van der Waals surface area contributed by atoms with Crippen molar-refractivity contribution in [3.8, 4) is 0 Å². The van der Waals surface area contributed by atoms with Crippen LogP contribution in [0, 0.1) is 20.8 Å². The molecule has 1 N–H and O–H groups in total. The Kier molecular flexibility index (Phi) is 4.61. The number of imidazole rings is 1. The molecule has 1 atom stereocenters. The summed E-state index contributed by atoms with van der Waals surface area (Å²) in [5, 5.41) is 3.56. The van der Waals surface area contributed by atoms with Gasteiger partial charge < -0.3 is 9.88 Å². The van der Waals surface area contributed by atoms with Crippen molar-refractivity contribution < 1.29 is 0 Å². The van der Waals surface area contributed by atoms with Crippen molar-refractivity contribution in [2.24, 2.45) is 7.05 Å². The van der Waals surface area contributed by atoms with E-state index in [-0.39, 0.29) is 6.04 Å². The smallest absolute Gasteiger partial charge is 0.125 e. The van der Waals surface area contributed by atoms with Crippen LogP contribution in [-0.2, 0) is 13.5 Å². The van der Waals surface area contributed by atoms with Crippen molar-refractivity contribution in [2.45, 2.75) is 40.2 Å². The van der Waals surface area contributed by atoms with Crippen LogP contribution in [0.25, 0.3) is 0 Å². The maximum absolute atomic E-state index is 4.51. The third kappa shape index (κ3) is 3.10. The Morgan fingerprint density at radius 3 is 2.35 bits per heavy atom. The summed E-state index contributed by atoms with van der Waals surface area (Å²) in [7, 11) is 2.06. The molecule has 0 aliphatic heterocycles. The van der Waals surface area contributed by atoms with Crippen molar-refractivity contribution in [3.63, 3.8) is 0 Å². The molecule has 0 saturated heterocycles. The molecule has 3 heteroatoms. The highest BCUT2D eigenvalue weighted by Gasteiger charge is 2.17. The van der Waals surface area contributed by atoms with Gasteiger partial charge in [0.2, 0.25) is 0 Å². The SMILES string of the molecule is CCNC(Cc1c(C)cc(C)cc1C)c1nccn1C. The summed E-state index contributed by atoms with van der Waals surface area (Å²) < 4.78 is 2.10. The first kappa shape index (κ1) is 14.8. The van der Waals surface area contributed by atoms with E-state index < -0.39 is 0 Å². The van der Waals surface area contributed by atoms with E-state index in [1.165, 1.54) is 22.3 Å². The molecule has 2 rings (SSSR count). The summed E-state index contributed by atoms with van der Waals surface area (Å²) in [6, 6.07) is 4.80.